The lowest BCUT2D eigenvalue weighted by molar-refractivity contribution is 0.102. The molecule has 0 unspecified atom stereocenters. The second-order valence-corrected chi connectivity index (χ2v) is 9.02. The van der Waals surface area contributed by atoms with Crippen molar-refractivity contribution >= 4 is 21.7 Å². The lowest BCUT2D eigenvalue weighted by Gasteiger charge is -2.20. The molecule has 0 saturated heterocycles. The molecule has 1 N–H and O–H groups in total. The summed E-state index contributed by atoms with van der Waals surface area (Å²) >= 11 is 0. The van der Waals surface area contributed by atoms with Crippen LogP contribution in [-0.4, -0.2) is 41.5 Å². The zero-order chi connectivity index (χ0) is 20.3. The van der Waals surface area contributed by atoms with Gasteiger partial charge in [-0.25, -0.2) is 8.42 Å². The fraction of sp³-hybridized carbons (Fsp3) is 0.500. The van der Waals surface area contributed by atoms with Crippen LogP contribution in [0.2, 0.25) is 0 Å². The Bertz CT molecular complexity index is 949. The van der Waals surface area contributed by atoms with Gasteiger partial charge in [-0.05, 0) is 49.9 Å². The van der Waals surface area contributed by atoms with Gasteiger partial charge >= 0.3 is 0 Å². The van der Waals surface area contributed by atoms with Crippen molar-refractivity contribution in [2.45, 2.75) is 50.8 Å². The Kier molecular flexibility index (Phi) is 6.20. The number of aryl methyl sites for hydroxylation is 2. The Balaban J connectivity index is 1.76. The first-order chi connectivity index (χ1) is 13.4. The van der Waals surface area contributed by atoms with Gasteiger partial charge in [0, 0.05) is 31.3 Å². The van der Waals surface area contributed by atoms with Crippen LogP contribution in [0.3, 0.4) is 0 Å². The molecule has 0 radical (unpaired) electrons. The van der Waals surface area contributed by atoms with Crippen LogP contribution in [0.1, 0.15) is 54.7 Å². The molecular weight excluding hydrogens is 376 g/mol. The van der Waals surface area contributed by atoms with Gasteiger partial charge in [0.15, 0.2) is 0 Å². The normalized spacial score (nSPS) is 13.7. The molecule has 0 aliphatic heterocycles. The Hall–Kier alpha value is -2.19. The third-order valence-corrected chi connectivity index (χ3v) is 7.16. The van der Waals surface area contributed by atoms with E-state index >= 15 is 0 Å². The molecule has 2 aromatic rings. The molecule has 0 fully saturated rings. The summed E-state index contributed by atoms with van der Waals surface area (Å²) in [6.07, 6.45) is 4.67. The Morgan fingerprint density at radius 3 is 2.57 bits per heavy atom. The van der Waals surface area contributed by atoms with Gasteiger partial charge in [-0.15, -0.1) is 0 Å². The van der Waals surface area contributed by atoms with E-state index in [0.717, 1.165) is 49.2 Å². The van der Waals surface area contributed by atoms with Crippen molar-refractivity contribution < 1.29 is 13.2 Å². The average Bonchev–Trinajstić information content (AvgIpc) is 3.24. The van der Waals surface area contributed by atoms with E-state index in [-0.39, 0.29) is 10.8 Å². The van der Waals surface area contributed by atoms with Crippen LogP contribution in [0, 0.1) is 0 Å². The summed E-state index contributed by atoms with van der Waals surface area (Å²) in [5.41, 5.74) is 2.57. The second-order valence-electron chi connectivity index (χ2n) is 7.08. The van der Waals surface area contributed by atoms with Gasteiger partial charge in [0.2, 0.25) is 10.0 Å². The van der Waals surface area contributed by atoms with Gasteiger partial charge in [0.05, 0.1) is 10.6 Å². The number of nitrogens with one attached hydrogen (secondary N) is 1. The number of unbranched alkanes of at least 4 members (excludes halogenated alkanes) is 1. The summed E-state index contributed by atoms with van der Waals surface area (Å²) < 4.78 is 28.8. The molecule has 1 amide bonds. The highest BCUT2D eigenvalue weighted by Gasteiger charge is 2.24. The predicted molar refractivity (Wildman–Crippen MR) is 109 cm³/mol. The highest BCUT2D eigenvalue weighted by molar-refractivity contribution is 7.89. The molecule has 1 aromatic heterocycles. The Labute approximate surface area is 166 Å². The van der Waals surface area contributed by atoms with E-state index in [1.54, 1.807) is 16.8 Å². The van der Waals surface area contributed by atoms with Gasteiger partial charge in [-0.3, -0.25) is 9.48 Å². The molecule has 0 bridgehead atoms. The largest absolute Gasteiger partial charge is 0.307 e. The third-order valence-electron chi connectivity index (χ3n) is 5.17. The SMILES string of the molecule is CCCCN(CC)S(=O)(=O)c1ccc(C(=O)Nc2c3c(nn2C)CCC3)cc1. The molecule has 0 atom stereocenters. The Morgan fingerprint density at radius 1 is 1.21 bits per heavy atom. The number of hydrogen-bond acceptors (Lipinski definition) is 4. The number of sulfonamides is 1. The lowest BCUT2D eigenvalue weighted by Crippen LogP contribution is -2.31. The summed E-state index contributed by atoms with van der Waals surface area (Å²) in [6.45, 7) is 4.80. The summed E-state index contributed by atoms with van der Waals surface area (Å²) in [5, 5.41) is 7.38. The molecule has 0 spiro atoms. The van der Waals surface area contributed by atoms with E-state index in [0.29, 0.717) is 18.7 Å². The van der Waals surface area contributed by atoms with Crippen LogP contribution in [0.15, 0.2) is 29.2 Å². The highest BCUT2D eigenvalue weighted by atomic mass is 32.2. The van der Waals surface area contributed by atoms with Crippen LogP contribution in [0.4, 0.5) is 5.82 Å². The quantitative estimate of drug-likeness (QED) is 0.733. The minimum absolute atomic E-state index is 0.212. The molecular formula is C20H28N4O3S. The zero-order valence-corrected chi connectivity index (χ0v) is 17.6. The first kappa shape index (κ1) is 20.5. The lowest BCUT2D eigenvalue weighted by atomic mass is 10.2. The first-order valence-electron chi connectivity index (χ1n) is 9.84. The van der Waals surface area contributed by atoms with Crippen molar-refractivity contribution in [3.63, 3.8) is 0 Å². The van der Waals surface area contributed by atoms with Gasteiger partial charge in [-0.1, -0.05) is 20.3 Å². The number of carbonyl (C=O) groups is 1. The fourth-order valence-corrected chi connectivity index (χ4v) is 5.05. The van der Waals surface area contributed by atoms with Crippen LogP contribution in [0.5, 0.6) is 0 Å². The summed E-state index contributed by atoms with van der Waals surface area (Å²) in [7, 11) is -1.72. The molecule has 0 saturated carbocycles. The molecule has 152 valence electrons. The van der Waals surface area contributed by atoms with Crippen LogP contribution < -0.4 is 5.32 Å². The van der Waals surface area contributed by atoms with Crippen LogP contribution in [-0.2, 0) is 29.9 Å². The molecule has 3 rings (SSSR count). The molecule has 1 aliphatic carbocycles. The maximum Gasteiger partial charge on any atom is 0.256 e. The number of rotatable bonds is 8. The van der Waals surface area contributed by atoms with E-state index in [4.69, 9.17) is 0 Å². The molecule has 28 heavy (non-hydrogen) atoms. The standard InChI is InChI=1S/C20H28N4O3S/c1-4-6-14-24(5-2)28(26,27)16-12-10-15(11-13-16)20(25)21-19-17-8-7-9-18(17)22-23(19)3/h10-13H,4-9,14H2,1-3H3,(H,21,25). The molecule has 1 heterocycles. The number of carbonyl (C=O) groups excluding carboxylic acids is 1. The number of amides is 1. The summed E-state index contributed by atoms with van der Waals surface area (Å²) in [6, 6.07) is 6.14. The number of benzene rings is 1. The monoisotopic (exact) mass is 404 g/mol. The number of nitrogens with zero attached hydrogens (tertiary/aromatic N) is 3. The minimum Gasteiger partial charge on any atom is -0.307 e. The van der Waals surface area contributed by atoms with Crippen molar-refractivity contribution in [3.05, 3.63) is 41.1 Å². The second kappa shape index (κ2) is 8.45. The Morgan fingerprint density at radius 2 is 1.93 bits per heavy atom. The molecule has 1 aliphatic rings. The number of anilines is 1. The van der Waals surface area contributed by atoms with E-state index < -0.39 is 10.0 Å². The third kappa shape index (κ3) is 3.98. The van der Waals surface area contributed by atoms with E-state index in [1.165, 1.54) is 16.4 Å². The zero-order valence-electron chi connectivity index (χ0n) is 16.7. The highest BCUT2D eigenvalue weighted by Crippen LogP contribution is 2.28. The maximum atomic E-state index is 12.8. The number of hydrogen-bond donors (Lipinski definition) is 1. The summed E-state index contributed by atoms with van der Waals surface area (Å²) in [4.78, 5) is 12.9. The van der Waals surface area contributed by atoms with E-state index in [2.05, 4.69) is 10.4 Å². The first-order valence-corrected chi connectivity index (χ1v) is 11.3. The van der Waals surface area contributed by atoms with Gasteiger partial charge in [0.25, 0.3) is 5.91 Å². The fourth-order valence-electron chi connectivity index (χ4n) is 3.57. The summed E-state index contributed by atoms with van der Waals surface area (Å²) in [5.74, 6) is 0.464. The predicted octanol–water partition coefficient (Wildman–Crippen LogP) is 2.97. The van der Waals surface area contributed by atoms with Crippen molar-refractivity contribution in [2.75, 3.05) is 18.4 Å². The van der Waals surface area contributed by atoms with Crippen molar-refractivity contribution in [2.24, 2.45) is 7.05 Å². The molecule has 7 nitrogen and oxygen atoms in total. The van der Waals surface area contributed by atoms with Gasteiger partial charge < -0.3 is 5.32 Å². The minimum atomic E-state index is -3.54. The molecule has 8 heteroatoms. The maximum absolute atomic E-state index is 12.8. The van der Waals surface area contributed by atoms with Crippen molar-refractivity contribution in [1.29, 1.82) is 0 Å². The number of aromatic nitrogens is 2. The van der Waals surface area contributed by atoms with Crippen LogP contribution in [0.25, 0.3) is 0 Å². The van der Waals surface area contributed by atoms with E-state index in [9.17, 15) is 13.2 Å². The smallest absolute Gasteiger partial charge is 0.256 e. The van der Waals surface area contributed by atoms with E-state index in [1.807, 2.05) is 20.9 Å². The van der Waals surface area contributed by atoms with Crippen molar-refractivity contribution in [3.8, 4) is 0 Å². The molecule has 1 aromatic carbocycles. The van der Waals surface area contributed by atoms with Gasteiger partial charge in [0.1, 0.15) is 5.82 Å². The number of fused-ring (bicyclic) bond motifs is 1. The topological polar surface area (TPSA) is 84.3 Å². The average molecular weight is 405 g/mol. The van der Waals surface area contributed by atoms with Crippen LogP contribution >= 0.6 is 0 Å². The van der Waals surface area contributed by atoms with Gasteiger partial charge in [-0.2, -0.15) is 9.40 Å². The van der Waals surface area contributed by atoms with Crippen molar-refractivity contribution in [1.82, 2.24) is 14.1 Å².